The lowest BCUT2D eigenvalue weighted by atomic mass is 10.2. The molecule has 1 N–H and O–H groups in total. The van der Waals surface area contributed by atoms with Gasteiger partial charge < -0.3 is 10.1 Å². The number of hydrogen-bond donors (Lipinski definition) is 1. The largest absolute Gasteiger partial charge is 0.486 e. The Balaban J connectivity index is 1.89. The molecule has 102 valence electrons. The predicted octanol–water partition coefficient (Wildman–Crippen LogP) is 3.50. The van der Waals surface area contributed by atoms with Crippen LogP contribution in [0.4, 0.5) is 5.13 Å². The van der Waals surface area contributed by atoms with Crippen LogP contribution in [0.15, 0.2) is 24.3 Å². The van der Waals surface area contributed by atoms with Gasteiger partial charge >= 0.3 is 0 Å². The summed E-state index contributed by atoms with van der Waals surface area (Å²) in [5.74, 6) is 0.887. The quantitative estimate of drug-likeness (QED) is 0.841. The molecule has 0 aliphatic rings. The molecule has 0 saturated heterocycles. The lowest BCUT2D eigenvalue weighted by Gasteiger charge is -2.05. The maximum absolute atomic E-state index is 5.73. The summed E-state index contributed by atoms with van der Waals surface area (Å²) in [6.45, 7) is 5.65. The maximum Gasteiger partial charge on any atom is 0.205 e. The van der Waals surface area contributed by atoms with Crippen molar-refractivity contribution in [2.45, 2.75) is 33.3 Å². The van der Waals surface area contributed by atoms with Gasteiger partial charge in [0, 0.05) is 6.54 Å². The number of ether oxygens (including phenoxy) is 1. The molecule has 4 nitrogen and oxygen atoms in total. The minimum Gasteiger partial charge on any atom is -0.486 e. The fraction of sp³-hybridized carbons (Fsp3) is 0.429. The summed E-state index contributed by atoms with van der Waals surface area (Å²) in [7, 11) is 0. The molecule has 2 aromatic rings. The maximum atomic E-state index is 5.73. The molecule has 1 aromatic heterocycles. The van der Waals surface area contributed by atoms with Gasteiger partial charge in [-0.3, -0.25) is 0 Å². The average molecular weight is 277 g/mol. The normalized spacial score (nSPS) is 10.4. The van der Waals surface area contributed by atoms with E-state index >= 15 is 0 Å². The first kappa shape index (κ1) is 13.8. The van der Waals surface area contributed by atoms with Crippen molar-refractivity contribution in [3.63, 3.8) is 0 Å². The molecular weight excluding hydrogens is 258 g/mol. The summed E-state index contributed by atoms with van der Waals surface area (Å²) in [5.41, 5.74) is 1.28. The summed E-state index contributed by atoms with van der Waals surface area (Å²) in [6.07, 6.45) is 2.09. The van der Waals surface area contributed by atoms with Crippen LogP contribution in [-0.4, -0.2) is 16.7 Å². The number of aromatic nitrogens is 2. The first-order valence-corrected chi connectivity index (χ1v) is 7.41. The van der Waals surface area contributed by atoms with Crippen molar-refractivity contribution in [3.8, 4) is 5.75 Å². The van der Waals surface area contributed by atoms with Gasteiger partial charge in [0.2, 0.25) is 5.13 Å². The first-order valence-electron chi connectivity index (χ1n) is 6.59. The molecule has 0 aliphatic heterocycles. The van der Waals surface area contributed by atoms with E-state index in [-0.39, 0.29) is 0 Å². The van der Waals surface area contributed by atoms with Crippen LogP contribution in [0.2, 0.25) is 0 Å². The Labute approximate surface area is 117 Å². The van der Waals surface area contributed by atoms with E-state index in [1.807, 2.05) is 12.1 Å². The zero-order valence-corrected chi connectivity index (χ0v) is 12.2. The molecule has 0 fully saturated rings. The van der Waals surface area contributed by atoms with Crippen LogP contribution in [0.5, 0.6) is 5.75 Å². The molecule has 2 rings (SSSR count). The molecule has 19 heavy (non-hydrogen) atoms. The second-order valence-corrected chi connectivity index (χ2v) is 5.28. The second kappa shape index (κ2) is 7.09. The van der Waals surface area contributed by atoms with Crippen LogP contribution in [0.3, 0.4) is 0 Å². The second-order valence-electron chi connectivity index (χ2n) is 4.22. The van der Waals surface area contributed by atoms with E-state index in [9.17, 15) is 0 Å². The smallest absolute Gasteiger partial charge is 0.205 e. The third-order valence-electron chi connectivity index (χ3n) is 2.66. The number of aryl methyl sites for hydroxylation is 1. The van der Waals surface area contributed by atoms with Crippen molar-refractivity contribution in [1.82, 2.24) is 10.2 Å². The minimum atomic E-state index is 0.471. The molecule has 0 amide bonds. The van der Waals surface area contributed by atoms with Crippen LogP contribution in [0.1, 0.15) is 30.8 Å². The zero-order chi connectivity index (χ0) is 13.5. The third-order valence-corrected chi connectivity index (χ3v) is 3.52. The summed E-state index contributed by atoms with van der Waals surface area (Å²) in [5, 5.41) is 13.2. The SMILES string of the molecule is CCCNc1nnc(COc2cccc(CC)c2)s1. The summed E-state index contributed by atoms with van der Waals surface area (Å²) in [6, 6.07) is 8.15. The highest BCUT2D eigenvalue weighted by Crippen LogP contribution is 2.19. The van der Waals surface area contributed by atoms with E-state index in [1.165, 1.54) is 5.56 Å². The van der Waals surface area contributed by atoms with E-state index in [0.717, 1.165) is 35.3 Å². The van der Waals surface area contributed by atoms with E-state index in [1.54, 1.807) is 11.3 Å². The van der Waals surface area contributed by atoms with Gasteiger partial charge in [-0.1, -0.05) is 37.3 Å². The minimum absolute atomic E-state index is 0.471. The highest BCUT2D eigenvalue weighted by molar-refractivity contribution is 7.15. The summed E-state index contributed by atoms with van der Waals surface area (Å²) < 4.78 is 5.73. The Morgan fingerprint density at radius 3 is 2.95 bits per heavy atom. The van der Waals surface area contributed by atoms with Crippen molar-refractivity contribution in [3.05, 3.63) is 34.8 Å². The number of nitrogens with zero attached hydrogens (tertiary/aromatic N) is 2. The van der Waals surface area contributed by atoms with Crippen molar-refractivity contribution in [2.75, 3.05) is 11.9 Å². The van der Waals surface area contributed by atoms with Gasteiger partial charge in [-0.2, -0.15) is 0 Å². The van der Waals surface area contributed by atoms with Gasteiger partial charge in [0.25, 0.3) is 0 Å². The Morgan fingerprint density at radius 1 is 1.26 bits per heavy atom. The Kier molecular flexibility index (Phi) is 5.15. The highest BCUT2D eigenvalue weighted by Gasteiger charge is 2.04. The Bertz CT molecular complexity index is 513. The van der Waals surface area contributed by atoms with Crippen molar-refractivity contribution in [2.24, 2.45) is 0 Å². The van der Waals surface area contributed by atoms with Gasteiger partial charge in [-0.25, -0.2) is 0 Å². The number of benzene rings is 1. The molecule has 0 spiro atoms. The number of anilines is 1. The number of hydrogen-bond acceptors (Lipinski definition) is 5. The molecule has 1 heterocycles. The van der Waals surface area contributed by atoms with E-state index in [0.29, 0.717) is 6.61 Å². The zero-order valence-electron chi connectivity index (χ0n) is 11.3. The van der Waals surface area contributed by atoms with Crippen LogP contribution in [0.25, 0.3) is 0 Å². The molecule has 0 radical (unpaired) electrons. The standard InChI is InChI=1S/C14H19N3OS/c1-3-8-15-14-17-16-13(19-14)10-18-12-7-5-6-11(4-2)9-12/h5-7,9H,3-4,8,10H2,1-2H3,(H,15,17). The highest BCUT2D eigenvalue weighted by atomic mass is 32.1. The van der Waals surface area contributed by atoms with Gasteiger partial charge in [0.05, 0.1) is 0 Å². The number of rotatable bonds is 7. The van der Waals surface area contributed by atoms with Crippen LogP contribution in [-0.2, 0) is 13.0 Å². The van der Waals surface area contributed by atoms with E-state index in [2.05, 4.69) is 41.5 Å². The number of nitrogens with one attached hydrogen (secondary N) is 1. The Hall–Kier alpha value is -1.62. The molecule has 0 saturated carbocycles. The topological polar surface area (TPSA) is 47.0 Å². The lowest BCUT2D eigenvalue weighted by Crippen LogP contribution is -1.98. The van der Waals surface area contributed by atoms with Crippen molar-refractivity contribution >= 4 is 16.5 Å². The van der Waals surface area contributed by atoms with Gasteiger partial charge in [-0.05, 0) is 30.5 Å². The lowest BCUT2D eigenvalue weighted by molar-refractivity contribution is 0.304. The molecule has 5 heteroatoms. The third kappa shape index (κ3) is 4.21. The van der Waals surface area contributed by atoms with Gasteiger partial charge in [0.1, 0.15) is 12.4 Å². The fourth-order valence-corrected chi connectivity index (χ4v) is 2.29. The van der Waals surface area contributed by atoms with E-state index in [4.69, 9.17) is 4.74 Å². The fourth-order valence-electron chi connectivity index (χ4n) is 1.62. The molecular formula is C14H19N3OS. The summed E-state index contributed by atoms with van der Waals surface area (Å²) in [4.78, 5) is 0. The van der Waals surface area contributed by atoms with Gasteiger partial charge in [-0.15, -0.1) is 10.2 Å². The van der Waals surface area contributed by atoms with Crippen molar-refractivity contribution in [1.29, 1.82) is 0 Å². The predicted molar refractivity (Wildman–Crippen MR) is 78.8 cm³/mol. The van der Waals surface area contributed by atoms with E-state index < -0.39 is 0 Å². The Morgan fingerprint density at radius 2 is 2.16 bits per heavy atom. The molecule has 0 bridgehead atoms. The molecule has 0 unspecified atom stereocenters. The average Bonchev–Trinajstić information content (AvgIpc) is 2.91. The van der Waals surface area contributed by atoms with Crippen LogP contribution in [0, 0.1) is 0 Å². The first-order chi connectivity index (χ1) is 9.31. The van der Waals surface area contributed by atoms with Crippen LogP contribution >= 0.6 is 11.3 Å². The van der Waals surface area contributed by atoms with Gasteiger partial charge in [0.15, 0.2) is 5.01 Å². The monoisotopic (exact) mass is 277 g/mol. The van der Waals surface area contributed by atoms with Crippen molar-refractivity contribution < 1.29 is 4.74 Å². The molecule has 0 atom stereocenters. The molecule has 1 aromatic carbocycles. The molecule has 0 aliphatic carbocycles. The summed E-state index contributed by atoms with van der Waals surface area (Å²) >= 11 is 1.54. The van der Waals surface area contributed by atoms with Crippen LogP contribution < -0.4 is 10.1 Å².